The van der Waals surface area contributed by atoms with E-state index in [1.807, 2.05) is 53.9 Å². The number of hydrogen-bond acceptors (Lipinski definition) is 3. The van der Waals surface area contributed by atoms with Crippen molar-refractivity contribution >= 4 is 28.9 Å². The number of carbonyl (C=O) groups excluding carboxylic acids is 1. The topological polar surface area (TPSA) is 42.8 Å². The van der Waals surface area contributed by atoms with Crippen molar-refractivity contribution in [1.82, 2.24) is 5.32 Å². The van der Waals surface area contributed by atoms with Crippen LogP contribution in [0.4, 0.5) is 0 Å². The van der Waals surface area contributed by atoms with Crippen molar-refractivity contribution in [2.75, 3.05) is 39.4 Å². The van der Waals surface area contributed by atoms with Crippen molar-refractivity contribution in [3.8, 4) is 11.1 Å². The van der Waals surface area contributed by atoms with Crippen LogP contribution in [0.25, 0.3) is 22.8 Å². The Morgan fingerprint density at radius 2 is 1.71 bits per heavy atom. The van der Waals surface area contributed by atoms with E-state index in [4.69, 9.17) is 4.74 Å². The Kier molecular flexibility index (Phi) is 7.66. The summed E-state index contributed by atoms with van der Waals surface area (Å²) in [6, 6.07) is 22.6. The summed E-state index contributed by atoms with van der Waals surface area (Å²) < 4.78 is 5.41. The number of carbonyl (C=O) groups is 1. The number of benzene rings is 2. The number of amides is 1. The molecule has 2 heterocycles. The minimum atomic E-state index is -0.0159. The summed E-state index contributed by atoms with van der Waals surface area (Å²) >= 11 is 1.64. The second-order valence-electron chi connectivity index (χ2n) is 7.74. The Morgan fingerprint density at radius 3 is 2.42 bits per heavy atom. The Morgan fingerprint density at radius 1 is 0.968 bits per heavy atom. The van der Waals surface area contributed by atoms with Crippen molar-refractivity contribution in [3.63, 3.8) is 0 Å². The average Bonchev–Trinajstić information content (AvgIpc) is 3.35. The van der Waals surface area contributed by atoms with E-state index in [0.717, 1.165) is 55.3 Å². The Balaban J connectivity index is 1.43. The molecule has 31 heavy (non-hydrogen) atoms. The molecule has 1 aliphatic rings. The number of nitrogens with one attached hydrogen (secondary N) is 2. The molecule has 2 aromatic carbocycles. The molecule has 0 aliphatic carbocycles. The molecule has 0 spiro atoms. The van der Waals surface area contributed by atoms with E-state index in [0.29, 0.717) is 12.1 Å². The molecule has 0 bridgehead atoms. The summed E-state index contributed by atoms with van der Waals surface area (Å²) in [6.07, 6.45) is 2.96. The highest BCUT2D eigenvalue weighted by Gasteiger charge is 2.15. The molecule has 160 valence electrons. The molecule has 1 amide bonds. The van der Waals surface area contributed by atoms with E-state index >= 15 is 0 Å². The Hall–Kier alpha value is -2.73. The van der Waals surface area contributed by atoms with Gasteiger partial charge in [-0.05, 0) is 34.2 Å². The molecule has 0 unspecified atom stereocenters. The van der Waals surface area contributed by atoms with E-state index in [9.17, 15) is 4.79 Å². The first-order chi connectivity index (χ1) is 15.3. The summed E-state index contributed by atoms with van der Waals surface area (Å²) in [5.74, 6) is -0.0159. The molecule has 1 fully saturated rings. The van der Waals surface area contributed by atoms with Crippen molar-refractivity contribution < 1.29 is 14.4 Å². The van der Waals surface area contributed by atoms with Crippen molar-refractivity contribution in [1.29, 1.82) is 0 Å². The maximum absolute atomic E-state index is 13.1. The summed E-state index contributed by atoms with van der Waals surface area (Å²) in [7, 11) is 0. The first-order valence-electron chi connectivity index (χ1n) is 10.9. The molecular weight excluding hydrogens is 404 g/mol. The predicted molar refractivity (Wildman–Crippen MR) is 128 cm³/mol. The molecular formula is C26H29N2O2S+. The van der Waals surface area contributed by atoms with Crippen molar-refractivity contribution in [3.05, 3.63) is 82.6 Å². The predicted octanol–water partition coefficient (Wildman–Crippen LogP) is 3.38. The fourth-order valence-electron chi connectivity index (χ4n) is 3.81. The summed E-state index contributed by atoms with van der Waals surface area (Å²) in [6.45, 7) is 5.56. The second kappa shape index (κ2) is 11.0. The lowest BCUT2D eigenvalue weighted by molar-refractivity contribution is -0.908. The molecule has 0 atom stereocenters. The van der Waals surface area contributed by atoms with Gasteiger partial charge in [0.2, 0.25) is 0 Å². The van der Waals surface area contributed by atoms with E-state index in [2.05, 4.69) is 29.6 Å². The number of quaternary nitrogens is 1. The van der Waals surface area contributed by atoms with Crippen LogP contribution >= 0.6 is 11.3 Å². The number of morpholine rings is 1. The van der Waals surface area contributed by atoms with Gasteiger partial charge in [-0.2, -0.15) is 0 Å². The van der Waals surface area contributed by atoms with Crippen LogP contribution in [-0.4, -0.2) is 45.3 Å². The number of ether oxygens (including phenoxy) is 1. The highest BCUT2D eigenvalue weighted by molar-refractivity contribution is 7.11. The molecule has 5 heteroatoms. The fourth-order valence-corrected chi connectivity index (χ4v) is 4.47. The minimum Gasteiger partial charge on any atom is -0.370 e. The molecule has 0 saturated carbocycles. The third kappa shape index (κ3) is 6.14. The first-order valence-corrected chi connectivity index (χ1v) is 11.8. The zero-order valence-electron chi connectivity index (χ0n) is 17.7. The standard InChI is InChI=1S/C26H28N2O2S/c29-26(27-13-5-14-28-15-17-30-18-16-28)25(20-24-8-4-19-31-24)23-11-9-22(10-12-23)21-6-2-1-3-7-21/h1-4,6-12,19-20H,5,13-18H2,(H,27,29)/p+1. The van der Waals surface area contributed by atoms with Gasteiger partial charge in [-0.15, -0.1) is 11.3 Å². The molecule has 1 aromatic heterocycles. The summed E-state index contributed by atoms with van der Waals surface area (Å²) in [4.78, 5) is 15.7. The lowest BCUT2D eigenvalue weighted by Crippen LogP contribution is -3.14. The number of hydrogen-bond donors (Lipinski definition) is 2. The monoisotopic (exact) mass is 433 g/mol. The highest BCUT2D eigenvalue weighted by atomic mass is 32.1. The minimum absolute atomic E-state index is 0.0159. The lowest BCUT2D eigenvalue weighted by Gasteiger charge is -2.23. The zero-order chi connectivity index (χ0) is 21.3. The zero-order valence-corrected chi connectivity index (χ0v) is 18.5. The van der Waals surface area contributed by atoms with Gasteiger partial charge < -0.3 is 15.0 Å². The maximum Gasteiger partial charge on any atom is 0.251 e. The van der Waals surface area contributed by atoms with Gasteiger partial charge in [-0.25, -0.2) is 0 Å². The normalized spacial score (nSPS) is 15.0. The summed E-state index contributed by atoms with van der Waals surface area (Å²) in [5.41, 5.74) is 3.96. The second-order valence-corrected chi connectivity index (χ2v) is 8.72. The van der Waals surface area contributed by atoms with Crippen LogP contribution in [0.15, 0.2) is 72.1 Å². The van der Waals surface area contributed by atoms with Crippen LogP contribution in [0, 0.1) is 0 Å². The Labute approximate surface area is 188 Å². The average molecular weight is 434 g/mol. The quantitative estimate of drug-likeness (QED) is 0.423. The van der Waals surface area contributed by atoms with Crippen LogP contribution in [0.3, 0.4) is 0 Å². The number of thiophene rings is 1. The Bertz CT molecular complexity index is 976. The van der Waals surface area contributed by atoms with Crippen LogP contribution < -0.4 is 10.2 Å². The van der Waals surface area contributed by atoms with Gasteiger partial charge in [0.1, 0.15) is 13.1 Å². The van der Waals surface area contributed by atoms with Crippen molar-refractivity contribution in [2.45, 2.75) is 6.42 Å². The van der Waals surface area contributed by atoms with Crippen LogP contribution in [0.5, 0.6) is 0 Å². The van der Waals surface area contributed by atoms with E-state index in [1.165, 1.54) is 5.56 Å². The van der Waals surface area contributed by atoms with Gasteiger partial charge in [0.05, 0.1) is 19.8 Å². The SMILES string of the molecule is O=C(NCCC[NH+]1CCOCC1)C(=Cc1cccs1)c1ccc(-c2ccccc2)cc1. The highest BCUT2D eigenvalue weighted by Crippen LogP contribution is 2.25. The van der Waals surface area contributed by atoms with Crippen LogP contribution in [0.2, 0.25) is 0 Å². The van der Waals surface area contributed by atoms with Crippen LogP contribution in [-0.2, 0) is 9.53 Å². The molecule has 1 aliphatic heterocycles. The van der Waals surface area contributed by atoms with Gasteiger partial charge in [0, 0.05) is 23.4 Å². The van der Waals surface area contributed by atoms with Crippen LogP contribution in [0.1, 0.15) is 16.9 Å². The van der Waals surface area contributed by atoms with E-state index in [1.54, 1.807) is 16.2 Å². The van der Waals surface area contributed by atoms with E-state index in [-0.39, 0.29) is 5.91 Å². The molecule has 3 aromatic rings. The van der Waals surface area contributed by atoms with Gasteiger partial charge in [0.15, 0.2) is 0 Å². The summed E-state index contributed by atoms with van der Waals surface area (Å²) in [5, 5.41) is 5.17. The van der Waals surface area contributed by atoms with E-state index < -0.39 is 0 Å². The smallest absolute Gasteiger partial charge is 0.251 e. The first kappa shape index (κ1) is 21.5. The molecule has 1 saturated heterocycles. The number of rotatable bonds is 8. The molecule has 4 nitrogen and oxygen atoms in total. The van der Waals surface area contributed by atoms with Gasteiger partial charge in [-0.3, -0.25) is 4.79 Å². The van der Waals surface area contributed by atoms with Gasteiger partial charge in [0.25, 0.3) is 5.91 Å². The molecule has 2 N–H and O–H groups in total. The third-order valence-electron chi connectivity index (χ3n) is 5.57. The maximum atomic E-state index is 13.1. The van der Waals surface area contributed by atoms with Gasteiger partial charge in [-0.1, -0.05) is 60.7 Å². The molecule has 4 rings (SSSR count). The molecule has 0 radical (unpaired) electrons. The third-order valence-corrected chi connectivity index (χ3v) is 6.39. The fraction of sp³-hybridized carbons (Fsp3) is 0.269. The lowest BCUT2D eigenvalue weighted by atomic mass is 9.99. The van der Waals surface area contributed by atoms with Gasteiger partial charge >= 0.3 is 0 Å². The largest absolute Gasteiger partial charge is 0.370 e. The van der Waals surface area contributed by atoms with Crippen molar-refractivity contribution in [2.24, 2.45) is 0 Å².